The molecule has 8 nitrogen and oxygen atoms in total. The van der Waals surface area contributed by atoms with Crippen molar-refractivity contribution in [1.29, 1.82) is 5.26 Å². The van der Waals surface area contributed by atoms with Gasteiger partial charge >= 0.3 is 0 Å². The SMILES string of the molecule is CC(=O)Nc1ccc(NC(=O)/C(C#N)=C\NC(=O)c2ccc(N)cc2)cc1. The number of carbonyl (C=O) groups excluding carboxylic acids is 3. The summed E-state index contributed by atoms with van der Waals surface area (Å²) in [6.45, 7) is 1.39. The molecule has 0 bridgehead atoms. The highest BCUT2D eigenvalue weighted by atomic mass is 16.2. The lowest BCUT2D eigenvalue weighted by Gasteiger charge is -2.07. The van der Waals surface area contributed by atoms with Crippen LogP contribution >= 0.6 is 0 Å². The minimum atomic E-state index is -0.678. The Morgan fingerprint density at radius 3 is 2.04 bits per heavy atom. The van der Waals surface area contributed by atoms with Gasteiger partial charge in [0.2, 0.25) is 5.91 Å². The molecule has 2 aromatic carbocycles. The molecule has 0 aliphatic carbocycles. The molecule has 2 rings (SSSR count). The minimum Gasteiger partial charge on any atom is -0.399 e. The molecule has 0 fully saturated rings. The van der Waals surface area contributed by atoms with Crippen LogP contribution in [0.2, 0.25) is 0 Å². The number of rotatable bonds is 5. The van der Waals surface area contributed by atoms with Crippen molar-refractivity contribution in [3.63, 3.8) is 0 Å². The maximum atomic E-state index is 12.2. The van der Waals surface area contributed by atoms with Crippen molar-refractivity contribution in [3.8, 4) is 6.07 Å². The van der Waals surface area contributed by atoms with Gasteiger partial charge in [-0.25, -0.2) is 0 Å². The number of nitrogen functional groups attached to an aromatic ring is 1. The molecule has 0 aromatic heterocycles. The summed E-state index contributed by atoms with van der Waals surface area (Å²) in [6, 6.07) is 14.3. The van der Waals surface area contributed by atoms with E-state index in [-0.39, 0.29) is 11.5 Å². The van der Waals surface area contributed by atoms with Gasteiger partial charge in [0, 0.05) is 35.7 Å². The average Bonchev–Trinajstić information content (AvgIpc) is 2.64. The van der Waals surface area contributed by atoms with Crippen molar-refractivity contribution in [1.82, 2.24) is 5.32 Å². The van der Waals surface area contributed by atoms with Crippen LogP contribution in [0.5, 0.6) is 0 Å². The van der Waals surface area contributed by atoms with E-state index in [1.165, 1.54) is 19.1 Å². The number of hydrogen-bond donors (Lipinski definition) is 4. The number of nitrogens with one attached hydrogen (secondary N) is 3. The first-order valence-electron chi connectivity index (χ1n) is 7.84. The Labute approximate surface area is 155 Å². The van der Waals surface area contributed by atoms with Crippen molar-refractivity contribution in [3.05, 3.63) is 65.9 Å². The molecule has 0 unspecified atom stereocenters. The van der Waals surface area contributed by atoms with Gasteiger partial charge in [0.15, 0.2) is 0 Å². The van der Waals surface area contributed by atoms with Gasteiger partial charge in [-0.05, 0) is 48.5 Å². The Morgan fingerprint density at radius 2 is 1.52 bits per heavy atom. The van der Waals surface area contributed by atoms with Crippen molar-refractivity contribution < 1.29 is 14.4 Å². The summed E-state index contributed by atoms with van der Waals surface area (Å²) in [7, 11) is 0. The third-order valence-corrected chi connectivity index (χ3v) is 3.35. The number of amides is 3. The van der Waals surface area contributed by atoms with E-state index in [2.05, 4.69) is 16.0 Å². The van der Waals surface area contributed by atoms with Crippen LogP contribution in [0.15, 0.2) is 60.3 Å². The number of nitrogens with two attached hydrogens (primary N) is 1. The lowest BCUT2D eigenvalue weighted by molar-refractivity contribution is -0.114. The molecule has 2 aromatic rings. The van der Waals surface area contributed by atoms with E-state index in [1.54, 1.807) is 42.5 Å². The molecule has 136 valence electrons. The Morgan fingerprint density at radius 1 is 0.963 bits per heavy atom. The molecular formula is C19H17N5O3. The molecule has 0 spiro atoms. The van der Waals surface area contributed by atoms with Crippen LogP contribution in [0.1, 0.15) is 17.3 Å². The monoisotopic (exact) mass is 363 g/mol. The van der Waals surface area contributed by atoms with E-state index in [0.717, 1.165) is 6.20 Å². The molecule has 0 aliphatic heterocycles. The van der Waals surface area contributed by atoms with Gasteiger partial charge in [0.05, 0.1) is 0 Å². The predicted octanol–water partition coefficient (Wildman–Crippen LogP) is 2.00. The molecule has 0 saturated heterocycles. The molecule has 0 saturated carbocycles. The highest BCUT2D eigenvalue weighted by Gasteiger charge is 2.11. The average molecular weight is 363 g/mol. The second-order valence-corrected chi connectivity index (χ2v) is 5.48. The van der Waals surface area contributed by atoms with E-state index < -0.39 is 11.8 Å². The topological polar surface area (TPSA) is 137 Å². The fourth-order valence-corrected chi connectivity index (χ4v) is 2.04. The van der Waals surface area contributed by atoms with Crippen molar-refractivity contribution in [2.45, 2.75) is 6.92 Å². The second-order valence-electron chi connectivity index (χ2n) is 5.48. The third kappa shape index (κ3) is 5.72. The van der Waals surface area contributed by atoms with Crippen molar-refractivity contribution in [2.75, 3.05) is 16.4 Å². The van der Waals surface area contributed by atoms with Gasteiger partial charge < -0.3 is 21.7 Å². The smallest absolute Gasteiger partial charge is 0.267 e. The Kier molecular flexibility index (Phi) is 6.28. The van der Waals surface area contributed by atoms with Crippen molar-refractivity contribution >= 4 is 34.8 Å². The van der Waals surface area contributed by atoms with E-state index >= 15 is 0 Å². The maximum absolute atomic E-state index is 12.2. The van der Waals surface area contributed by atoms with E-state index in [9.17, 15) is 14.4 Å². The van der Waals surface area contributed by atoms with Crippen LogP contribution in [0.25, 0.3) is 0 Å². The summed E-state index contributed by atoms with van der Waals surface area (Å²) in [5.41, 5.74) is 7.15. The minimum absolute atomic E-state index is 0.210. The largest absolute Gasteiger partial charge is 0.399 e. The zero-order valence-corrected chi connectivity index (χ0v) is 14.4. The van der Waals surface area contributed by atoms with Gasteiger partial charge in [-0.2, -0.15) is 5.26 Å². The number of hydrogen-bond acceptors (Lipinski definition) is 5. The van der Waals surface area contributed by atoms with E-state index in [1.807, 2.05) is 0 Å². The highest BCUT2D eigenvalue weighted by Crippen LogP contribution is 2.14. The van der Waals surface area contributed by atoms with Gasteiger partial charge in [-0.1, -0.05) is 0 Å². The Bertz CT molecular complexity index is 925. The van der Waals surface area contributed by atoms with Gasteiger partial charge in [0.25, 0.3) is 11.8 Å². The predicted molar refractivity (Wildman–Crippen MR) is 101 cm³/mol. The summed E-state index contributed by atoms with van der Waals surface area (Å²) >= 11 is 0. The third-order valence-electron chi connectivity index (χ3n) is 3.35. The summed E-state index contributed by atoms with van der Waals surface area (Å²) in [5.74, 6) is -1.36. The molecule has 0 atom stereocenters. The van der Waals surface area contributed by atoms with Crippen LogP contribution in [0.4, 0.5) is 17.1 Å². The molecule has 0 aliphatic rings. The van der Waals surface area contributed by atoms with Crippen LogP contribution in [-0.2, 0) is 9.59 Å². The van der Waals surface area contributed by atoms with Crippen LogP contribution in [-0.4, -0.2) is 17.7 Å². The summed E-state index contributed by atoms with van der Waals surface area (Å²) in [6.07, 6.45) is 1.04. The zero-order valence-electron chi connectivity index (χ0n) is 14.4. The molecule has 0 radical (unpaired) electrons. The number of carbonyl (C=O) groups is 3. The number of nitrogens with zero attached hydrogens (tertiary/aromatic N) is 1. The van der Waals surface area contributed by atoms with Crippen LogP contribution < -0.4 is 21.7 Å². The van der Waals surface area contributed by atoms with Gasteiger partial charge in [0.1, 0.15) is 11.6 Å². The number of benzene rings is 2. The van der Waals surface area contributed by atoms with E-state index in [0.29, 0.717) is 22.6 Å². The molecular weight excluding hydrogens is 346 g/mol. The fraction of sp³-hybridized carbons (Fsp3) is 0.0526. The highest BCUT2D eigenvalue weighted by molar-refractivity contribution is 6.07. The van der Waals surface area contributed by atoms with Gasteiger partial charge in [-0.3, -0.25) is 14.4 Å². The van der Waals surface area contributed by atoms with Crippen LogP contribution in [0, 0.1) is 11.3 Å². The normalized spacial score (nSPS) is 10.4. The van der Waals surface area contributed by atoms with Crippen molar-refractivity contribution in [2.24, 2.45) is 0 Å². The molecule has 3 amide bonds. The summed E-state index contributed by atoms with van der Waals surface area (Å²) < 4.78 is 0. The molecule has 8 heteroatoms. The fourth-order valence-electron chi connectivity index (χ4n) is 2.04. The maximum Gasteiger partial charge on any atom is 0.267 e. The Balaban J connectivity index is 2.01. The first kappa shape index (κ1) is 19.2. The number of nitriles is 1. The molecule has 27 heavy (non-hydrogen) atoms. The quantitative estimate of drug-likeness (QED) is 0.366. The molecule has 0 heterocycles. The van der Waals surface area contributed by atoms with E-state index in [4.69, 9.17) is 11.0 Å². The number of anilines is 3. The zero-order chi connectivity index (χ0) is 19.8. The summed E-state index contributed by atoms with van der Waals surface area (Å²) in [4.78, 5) is 35.2. The lowest BCUT2D eigenvalue weighted by Crippen LogP contribution is -2.21. The first-order valence-corrected chi connectivity index (χ1v) is 7.84. The molecule has 5 N–H and O–H groups in total. The summed E-state index contributed by atoms with van der Waals surface area (Å²) in [5, 5.41) is 16.7. The second kappa shape index (κ2) is 8.82. The lowest BCUT2D eigenvalue weighted by atomic mass is 10.2. The first-order chi connectivity index (χ1) is 12.9. The Hall–Kier alpha value is -4.12. The van der Waals surface area contributed by atoms with Gasteiger partial charge in [-0.15, -0.1) is 0 Å². The van der Waals surface area contributed by atoms with Crippen LogP contribution in [0.3, 0.4) is 0 Å². The standard InChI is InChI=1S/C19H17N5O3/c1-12(25)23-16-6-8-17(9-7-16)24-19(27)14(10-20)11-22-18(26)13-2-4-15(21)5-3-13/h2-9,11H,21H2,1H3,(H,22,26)(H,23,25)(H,24,27)/b14-11-.